The Bertz CT molecular complexity index is 1250. The van der Waals surface area contributed by atoms with Crippen molar-refractivity contribution in [3.05, 3.63) is 78.6 Å². The molecular formula is C21H17N7. The van der Waals surface area contributed by atoms with Crippen LogP contribution in [0.3, 0.4) is 0 Å². The number of benzene rings is 2. The van der Waals surface area contributed by atoms with Gasteiger partial charge in [0.1, 0.15) is 5.82 Å². The Morgan fingerprint density at radius 3 is 2.57 bits per heavy atom. The Morgan fingerprint density at radius 1 is 0.821 bits per heavy atom. The molecule has 0 amide bonds. The number of aromatic amines is 1. The summed E-state index contributed by atoms with van der Waals surface area (Å²) in [6, 6.07) is 19.8. The average molecular weight is 367 g/mol. The quantitative estimate of drug-likeness (QED) is 0.430. The second-order valence-corrected chi connectivity index (χ2v) is 6.37. The fourth-order valence-electron chi connectivity index (χ4n) is 3.12. The summed E-state index contributed by atoms with van der Waals surface area (Å²) < 4.78 is 0. The smallest absolute Gasteiger partial charge is 0.230 e. The van der Waals surface area contributed by atoms with E-state index < -0.39 is 0 Å². The molecule has 0 saturated carbocycles. The van der Waals surface area contributed by atoms with Crippen molar-refractivity contribution in [2.75, 3.05) is 10.6 Å². The minimum absolute atomic E-state index is 0.490. The van der Waals surface area contributed by atoms with Gasteiger partial charge in [0.05, 0.1) is 11.0 Å². The first kappa shape index (κ1) is 16.2. The van der Waals surface area contributed by atoms with Gasteiger partial charge in [-0.3, -0.25) is 10.1 Å². The van der Waals surface area contributed by atoms with Crippen LogP contribution in [0.5, 0.6) is 0 Å². The van der Waals surface area contributed by atoms with Gasteiger partial charge in [-0.25, -0.2) is 4.98 Å². The van der Waals surface area contributed by atoms with Gasteiger partial charge in [0.2, 0.25) is 5.95 Å². The number of fused-ring (bicyclic) bond motifs is 2. The topological polar surface area (TPSA) is 91.4 Å². The van der Waals surface area contributed by atoms with Crippen LogP contribution in [0.1, 0.15) is 5.56 Å². The van der Waals surface area contributed by atoms with Crippen LogP contribution in [-0.2, 0) is 6.54 Å². The second-order valence-electron chi connectivity index (χ2n) is 6.37. The lowest BCUT2D eigenvalue weighted by Gasteiger charge is -2.11. The van der Waals surface area contributed by atoms with E-state index in [2.05, 4.69) is 30.8 Å². The van der Waals surface area contributed by atoms with Crippen molar-refractivity contribution in [3.8, 4) is 0 Å². The molecule has 7 heteroatoms. The third kappa shape index (κ3) is 3.09. The normalized spacial score (nSPS) is 11.0. The summed E-state index contributed by atoms with van der Waals surface area (Å²) in [6.45, 7) is 0.625. The summed E-state index contributed by atoms with van der Waals surface area (Å²) in [5, 5.41) is 16.0. The molecule has 7 nitrogen and oxygen atoms in total. The molecule has 0 fully saturated rings. The van der Waals surface area contributed by atoms with E-state index in [1.54, 1.807) is 6.20 Å². The van der Waals surface area contributed by atoms with Gasteiger partial charge in [-0.15, -0.1) is 0 Å². The van der Waals surface area contributed by atoms with Crippen molar-refractivity contribution < 1.29 is 0 Å². The van der Waals surface area contributed by atoms with Crippen LogP contribution >= 0.6 is 0 Å². The van der Waals surface area contributed by atoms with E-state index in [-0.39, 0.29) is 0 Å². The van der Waals surface area contributed by atoms with E-state index in [4.69, 9.17) is 4.98 Å². The van der Waals surface area contributed by atoms with Crippen LogP contribution < -0.4 is 10.6 Å². The third-order valence-electron chi connectivity index (χ3n) is 4.49. The van der Waals surface area contributed by atoms with Crippen molar-refractivity contribution in [3.63, 3.8) is 0 Å². The lowest BCUT2D eigenvalue weighted by molar-refractivity contribution is 1.07. The largest absolute Gasteiger partial charge is 0.365 e. The molecule has 5 rings (SSSR count). The van der Waals surface area contributed by atoms with E-state index in [9.17, 15) is 0 Å². The maximum atomic E-state index is 4.69. The van der Waals surface area contributed by atoms with Crippen molar-refractivity contribution in [2.45, 2.75) is 6.54 Å². The van der Waals surface area contributed by atoms with E-state index in [0.29, 0.717) is 18.3 Å². The molecule has 3 aromatic heterocycles. The number of para-hydroxylation sites is 2. The number of aromatic nitrogens is 5. The Labute approximate surface area is 160 Å². The molecule has 2 aromatic carbocycles. The zero-order valence-corrected chi connectivity index (χ0v) is 14.9. The third-order valence-corrected chi connectivity index (χ3v) is 4.49. The number of pyridine rings is 1. The van der Waals surface area contributed by atoms with Gasteiger partial charge in [-0.2, -0.15) is 10.1 Å². The Balaban J connectivity index is 1.51. The minimum Gasteiger partial charge on any atom is -0.365 e. The monoisotopic (exact) mass is 367 g/mol. The summed E-state index contributed by atoms with van der Waals surface area (Å²) in [7, 11) is 0. The maximum absolute atomic E-state index is 4.69. The molecule has 0 unspecified atom stereocenters. The van der Waals surface area contributed by atoms with Crippen molar-refractivity contribution in [2.24, 2.45) is 0 Å². The van der Waals surface area contributed by atoms with Gasteiger partial charge < -0.3 is 10.6 Å². The van der Waals surface area contributed by atoms with Gasteiger partial charge >= 0.3 is 0 Å². The van der Waals surface area contributed by atoms with Gasteiger partial charge in [0.15, 0.2) is 5.82 Å². The number of hydrogen-bond acceptors (Lipinski definition) is 6. The molecule has 0 aliphatic rings. The predicted octanol–water partition coefficient (Wildman–Crippen LogP) is 4.26. The number of rotatable bonds is 5. The fraction of sp³-hybridized carbons (Fsp3) is 0.0476. The number of nitrogens with zero attached hydrogens (tertiary/aromatic N) is 4. The van der Waals surface area contributed by atoms with Crippen LogP contribution in [0, 0.1) is 0 Å². The predicted molar refractivity (Wildman–Crippen MR) is 110 cm³/mol. The van der Waals surface area contributed by atoms with Crippen LogP contribution in [0.15, 0.2) is 73.1 Å². The van der Waals surface area contributed by atoms with E-state index in [1.807, 2.05) is 66.9 Å². The van der Waals surface area contributed by atoms with Gasteiger partial charge in [-0.1, -0.05) is 30.3 Å². The van der Waals surface area contributed by atoms with Gasteiger partial charge in [-0.05, 0) is 35.9 Å². The highest BCUT2D eigenvalue weighted by atomic mass is 15.2. The summed E-state index contributed by atoms with van der Waals surface area (Å²) in [5.41, 5.74) is 2.90. The van der Waals surface area contributed by atoms with E-state index >= 15 is 0 Å². The molecule has 0 radical (unpaired) electrons. The molecule has 136 valence electrons. The molecule has 0 bridgehead atoms. The molecule has 3 heterocycles. The molecule has 0 saturated heterocycles. The highest BCUT2D eigenvalue weighted by molar-refractivity contribution is 5.93. The van der Waals surface area contributed by atoms with Crippen LogP contribution in [0.2, 0.25) is 0 Å². The summed E-state index contributed by atoms with van der Waals surface area (Å²) in [6.07, 6.45) is 3.60. The van der Waals surface area contributed by atoms with Gasteiger partial charge in [0, 0.05) is 29.7 Å². The van der Waals surface area contributed by atoms with Crippen molar-refractivity contribution in [1.82, 2.24) is 25.1 Å². The standard InChI is InChI=1S/C21H17N7/c1-3-9-17-15(7-1)19(23-13-14-6-5-11-22-12-14)25-21(24-17)26-20-16-8-2-4-10-18(16)27-28-20/h1-12H,13H2,(H3,23,24,25,26,27,28). The minimum atomic E-state index is 0.490. The zero-order chi connectivity index (χ0) is 18.8. The summed E-state index contributed by atoms with van der Waals surface area (Å²) >= 11 is 0. The lowest BCUT2D eigenvalue weighted by Crippen LogP contribution is -2.06. The number of H-pyrrole nitrogens is 1. The maximum Gasteiger partial charge on any atom is 0.230 e. The Hall–Kier alpha value is -4.00. The highest BCUT2D eigenvalue weighted by Gasteiger charge is 2.11. The van der Waals surface area contributed by atoms with Gasteiger partial charge in [0.25, 0.3) is 0 Å². The van der Waals surface area contributed by atoms with Crippen LogP contribution in [0.25, 0.3) is 21.8 Å². The number of hydrogen-bond donors (Lipinski definition) is 3. The van der Waals surface area contributed by atoms with Crippen molar-refractivity contribution >= 4 is 39.4 Å². The number of nitrogens with one attached hydrogen (secondary N) is 3. The van der Waals surface area contributed by atoms with E-state index in [1.165, 1.54) is 0 Å². The molecule has 0 atom stereocenters. The van der Waals surface area contributed by atoms with Crippen LogP contribution in [0.4, 0.5) is 17.6 Å². The first-order chi connectivity index (χ1) is 13.9. The molecular weight excluding hydrogens is 350 g/mol. The zero-order valence-electron chi connectivity index (χ0n) is 14.9. The average Bonchev–Trinajstić information content (AvgIpc) is 3.16. The van der Waals surface area contributed by atoms with Crippen LogP contribution in [-0.4, -0.2) is 25.1 Å². The highest BCUT2D eigenvalue weighted by Crippen LogP contribution is 2.26. The first-order valence-electron chi connectivity index (χ1n) is 8.96. The second kappa shape index (κ2) is 6.96. The molecule has 0 aliphatic heterocycles. The molecule has 0 aliphatic carbocycles. The summed E-state index contributed by atoms with van der Waals surface area (Å²) in [5.74, 6) is 1.95. The van der Waals surface area contributed by atoms with E-state index in [0.717, 1.165) is 33.2 Å². The SMILES string of the molecule is c1cncc(CNc2nc(Nc3n[nH]c4ccccc34)nc3ccccc23)c1. The lowest BCUT2D eigenvalue weighted by atomic mass is 10.2. The fourth-order valence-corrected chi connectivity index (χ4v) is 3.12. The molecule has 5 aromatic rings. The molecule has 3 N–H and O–H groups in total. The molecule has 0 spiro atoms. The summed E-state index contributed by atoms with van der Waals surface area (Å²) in [4.78, 5) is 13.5. The first-order valence-corrected chi connectivity index (χ1v) is 8.96. The Kier molecular flexibility index (Phi) is 4.02. The van der Waals surface area contributed by atoms with Crippen molar-refractivity contribution in [1.29, 1.82) is 0 Å². The Morgan fingerprint density at radius 2 is 1.68 bits per heavy atom. The number of anilines is 3. The molecule has 28 heavy (non-hydrogen) atoms.